The highest BCUT2D eigenvalue weighted by molar-refractivity contribution is 5.53. The monoisotopic (exact) mass is 279 g/mol. The highest BCUT2D eigenvalue weighted by Crippen LogP contribution is 2.32. The smallest absolute Gasteiger partial charge is 0.184 e. The van der Waals surface area contributed by atoms with Crippen molar-refractivity contribution in [3.63, 3.8) is 0 Å². The third-order valence-electron chi connectivity index (χ3n) is 4.11. The third kappa shape index (κ3) is 2.35. The molecule has 0 bridgehead atoms. The molecule has 1 aliphatic carbocycles. The van der Waals surface area contributed by atoms with E-state index in [9.17, 15) is 0 Å². The summed E-state index contributed by atoms with van der Waals surface area (Å²) in [5.74, 6) is 2.31. The Balaban J connectivity index is 1.61. The van der Waals surface area contributed by atoms with Gasteiger partial charge in [-0.25, -0.2) is 9.67 Å². The Hall–Kier alpha value is -2.43. The summed E-state index contributed by atoms with van der Waals surface area (Å²) in [6.07, 6.45) is 8.82. The molecular formula is C16H17N5. The van der Waals surface area contributed by atoms with E-state index in [2.05, 4.69) is 20.3 Å². The molecule has 1 saturated carbocycles. The normalized spacial score (nSPS) is 15.6. The summed E-state index contributed by atoms with van der Waals surface area (Å²) < 4.78 is 1.85. The van der Waals surface area contributed by atoms with Crippen LogP contribution < -0.4 is 0 Å². The molecule has 0 saturated heterocycles. The fourth-order valence-electron chi connectivity index (χ4n) is 2.95. The minimum absolute atomic E-state index is 0.551. The summed E-state index contributed by atoms with van der Waals surface area (Å²) in [6.45, 7) is 0. The van der Waals surface area contributed by atoms with Gasteiger partial charge in [0.2, 0.25) is 0 Å². The van der Waals surface area contributed by atoms with Crippen LogP contribution in [-0.4, -0.2) is 25.0 Å². The number of rotatable bonds is 3. The highest BCUT2D eigenvalue weighted by Gasteiger charge is 2.21. The molecule has 2 aromatic heterocycles. The van der Waals surface area contributed by atoms with Crippen LogP contribution in [0.3, 0.4) is 0 Å². The second-order valence-corrected chi connectivity index (χ2v) is 5.53. The van der Waals surface area contributed by atoms with Gasteiger partial charge >= 0.3 is 0 Å². The summed E-state index contributed by atoms with van der Waals surface area (Å²) >= 11 is 0. The van der Waals surface area contributed by atoms with Gasteiger partial charge in [-0.2, -0.15) is 10.2 Å². The van der Waals surface area contributed by atoms with E-state index in [1.165, 1.54) is 25.7 Å². The molecular weight excluding hydrogens is 262 g/mol. The molecule has 1 fully saturated rings. The van der Waals surface area contributed by atoms with Crippen molar-refractivity contribution in [3.05, 3.63) is 48.5 Å². The SMILES string of the molecule is c1ccc(-n2cc(-c3n[nH]c(C4CCCC4)n3)cn2)cc1. The zero-order chi connectivity index (χ0) is 14.1. The van der Waals surface area contributed by atoms with Crippen LogP contribution in [0.5, 0.6) is 0 Å². The first-order chi connectivity index (χ1) is 10.4. The fraction of sp³-hybridized carbons (Fsp3) is 0.312. The van der Waals surface area contributed by atoms with Crippen molar-refractivity contribution in [1.29, 1.82) is 0 Å². The minimum Gasteiger partial charge on any atom is -0.262 e. The summed E-state index contributed by atoms with van der Waals surface area (Å²) in [7, 11) is 0. The maximum Gasteiger partial charge on any atom is 0.184 e. The van der Waals surface area contributed by atoms with E-state index in [4.69, 9.17) is 0 Å². The Bertz CT molecular complexity index is 722. The molecule has 2 heterocycles. The van der Waals surface area contributed by atoms with Crippen LogP contribution in [0.25, 0.3) is 17.1 Å². The van der Waals surface area contributed by atoms with E-state index in [-0.39, 0.29) is 0 Å². The molecule has 1 N–H and O–H groups in total. The standard InChI is InChI=1S/C16H17N5/c1-2-8-14(9-3-1)21-11-13(10-17-21)16-18-15(19-20-16)12-6-4-5-7-12/h1-3,8-12H,4-7H2,(H,18,19,20). The lowest BCUT2D eigenvalue weighted by Crippen LogP contribution is -1.94. The third-order valence-corrected chi connectivity index (χ3v) is 4.11. The lowest BCUT2D eigenvalue weighted by atomic mass is 10.1. The van der Waals surface area contributed by atoms with Gasteiger partial charge in [0.25, 0.3) is 0 Å². The number of nitrogens with one attached hydrogen (secondary N) is 1. The second kappa shape index (κ2) is 5.16. The van der Waals surface area contributed by atoms with Gasteiger partial charge < -0.3 is 0 Å². The topological polar surface area (TPSA) is 59.4 Å². The maximum absolute atomic E-state index is 4.65. The van der Waals surface area contributed by atoms with Crippen molar-refractivity contribution in [1.82, 2.24) is 25.0 Å². The van der Waals surface area contributed by atoms with E-state index in [0.29, 0.717) is 5.92 Å². The molecule has 5 heteroatoms. The Kier molecular flexibility index (Phi) is 3.03. The average Bonchev–Trinajstić information content (AvgIpc) is 3.27. The number of hydrogen-bond donors (Lipinski definition) is 1. The Morgan fingerprint density at radius 1 is 1.10 bits per heavy atom. The van der Waals surface area contributed by atoms with Crippen molar-refractivity contribution < 1.29 is 0 Å². The first kappa shape index (κ1) is 12.3. The van der Waals surface area contributed by atoms with Crippen molar-refractivity contribution >= 4 is 0 Å². The minimum atomic E-state index is 0.551. The van der Waals surface area contributed by atoms with Gasteiger partial charge in [0.05, 0.1) is 17.4 Å². The molecule has 0 spiro atoms. The Labute approximate surface area is 123 Å². The van der Waals surface area contributed by atoms with Crippen molar-refractivity contribution in [2.24, 2.45) is 0 Å². The van der Waals surface area contributed by atoms with Gasteiger partial charge in [0.1, 0.15) is 5.82 Å². The van der Waals surface area contributed by atoms with Gasteiger partial charge in [0, 0.05) is 12.1 Å². The van der Waals surface area contributed by atoms with E-state index in [1.807, 2.05) is 47.4 Å². The van der Waals surface area contributed by atoms with E-state index >= 15 is 0 Å². The summed E-state index contributed by atoms with van der Waals surface area (Å²) in [4.78, 5) is 4.65. The summed E-state index contributed by atoms with van der Waals surface area (Å²) in [5.41, 5.74) is 1.98. The fourth-order valence-corrected chi connectivity index (χ4v) is 2.95. The molecule has 21 heavy (non-hydrogen) atoms. The number of aromatic amines is 1. The predicted molar refractivity (Wildman–Crippen MR) is 80.1 cm³/mol. The molecule has 1 aromatic carbocycles. The number of para-hydroxylation sites is 1. The Morgan fingerprint density at radius 3 is 2.71 bits per heavy atom. The molecule has 106 valence electrons. The molecule has 0 amide bonds. The molecule has 3 aromatic rings. The first-order valence-electron chi connectivity index (χ1n) is 7.43. The average molecular weight is 279 g/mol. The molecule has 0 radical (unpaired) electrons. The van der Waals surface area contributed by atoms with Crippen molar-refractivity contribution in [2.75, 3.05) is 0 Å². The van der Waals surface area contributed by atoms with E-state index in [0.717, 1.165) is 22.9 Å². The molecule has 4 rings (SSSR count). The van der Waals surface area contributed by atoms with Gasteiger partial charge in [-0.05, 0) is 25.0 Å². The van der Waals surface area contributed by atoms with Gasteiger partial charge in [0.15, 0.2) is 5.82 Å². The largest absolute Gasteiger partial charge is 0.262 e. The molecule has 0 unspecified atom stereocenters. The predicted octanol–water partition coefficient (Wildman–Crippen LogP) is 3.32. The number of benzene rings is 1. The first-order valence-corrected chi connectivity index (χ1v) is 7.43. The molecule has 0 aliphatic heterocycles. The lowest BCUT2D eigenvalue weighted by Gasteiger charge is -2.01. The zero-order valence-electron chi connectivity index (χ0n) is 11.7. The van der Waals surface area contributed by atoms with Crippen molar-refractivity contribution in [2.45, 2.75) is 31.6 Å². The van der Waals surface area contributed by atoms with E-state index < -0.39 is 0 Å². The van der Waals surface area contributed by atoms with Gasteiger partial charge in [-0.1, -0.05) is 31.0 Å². The van der Waals surface area contributed by atoms with Gasteiger partial charge in [-0.15, -0.1) is 0 Å². The summed E-state index contributed by atoms with van der Waals surface area (Å²) in [6, 6.07) is 10.1. The van der Waals surface area contributed by atoms with Crippen LogP contribution in [0.1, 0.15) is 37.4 Å². The lowest BCUT2D eigenvalue weighted by molar-refractivity contribution is 0.672. The van der Waals surface area contributed by atoms with Crippen LogP contribution in [-0.2, 0) is 0 Å². The highest BCUT2D eigenvalue weighted by atomic mass is 15.3. The van der Waals surface area contributed by atoms with E-state index in [1.54, 1.807) is 0 Å². The molecule has 5 nitrogen and oxygen atoms in total. The molecule has 0 atom stereocenters. The summed E-state index contributed by atoms with van der Waals surface area (Å²) in [5, 5.41) is 11.8. The van der Waals surface area contributed by atoms with Crippen LogP contribution in [0.4, 0.5) is 0 Å². The van der Waals surface area contributed by atoms with Crippen LogP contribution in [0, 0.1) is 0 Å². The van der Waals surface area contributed by atoms with Crippen LogP contribution in [0.2, 0.25) is 0 Å². The number of nitrogens with zero attached hydrogens (tertiary/aromatic N) is 4. The Morgan fingerprint density at radius 2 is 1.90 bits per heavy atom. The molecule has 1 aliphatic rings. The zero-order valence-corrected chi connectivity index (χ0v) is 11.7. The van der Waals surface area contributed by atoms with Crippen molar-refractivity contribution in [3.8, 4) is 17.1 Å². The quantitative estimate of drug-likeness (QED) is 0.800. The van der Waals surface area contributed by atoms with Crippen LogP contribution >= 0.6 is 0 Å². The second-order valence-electron chi connectivity index (χ2n) is 5.53. The number of H-pyrrole nitrogens is 1. The number of aromatic nitrogens is 5. The number of hydrogen-bond acceptors (Lipinski definition) is 3. The maximum atomic E-state index is 4.65. The van der Waals surface area contributed by atoms with Crippen LogP contribution in [0.15, 0.2) is 42.7 Å². The van der Waals surface area contributed by atoms with Gasteiger partial charge in [-0.3, -0.25) is 5.10 Å².